The molecule has 1 unspecified atom stereocenters. The van der Waals surface area contributed by atoms with Gasteiger partial charge in [0.15, 0.2) is 20.9 Å². The molecular weight excluding hydrogens is 576 g/mol. The molecule has 1 atom stereocenters. The van der Waals surface area contributed by atoms with Crippen LogP contribution in [0.1, 0.15) is 56.9 Å². The molecule has 2 aliphatic heterocycles. The van der Waals surface area contributed by atoms with Crippen LogP contribution >= 0.6 is 0 Å². The van der Waals surface area contributed by atoms with Gasteiger partial charge in [0.2, 0.25) is 0 Å². The quantitative estimate of drug-likeness (QED) is 0.205. The van der Waals surface area contributed by atoms with E-state index in [1.165, 1.54) is 16.7 Å². The number of piperidine rings is 1. The lowest BCUT2D eigenvalue weighted by molar-refractivity contribution is -0.202. The minimum absolute atomic E-state index is 0.117. The molecule has 6 rings (SSSR count). The second-order valence-electron chi connectivity index (χ2n) is 12.1. The van der Waals surface area contributed by atoms with E-state index in [1.54, 1.807) is 24.3 Å². The molecule has 0 aromatic heterocycles. The number of benzene rings is 3. The van der Waals surface area contributed by atoms with E-state index >= 15 is 0 Å². The van der Waals surface area contributed by atoms with Gasteiger partial charge in [-0.2, -0.15) is 0 Å². The molecule has 234 valence electrons. The molecule has 2 heterocycles. The van der Waals surface area contributed by atoms with Crippen molar-refractivity contribution >= 4 is 15.7 Å². The number of carbonyl (C=O) groups excluding carboxylic acids is 1. The summed E-state index contributed by atoms with van der Waals surface area (Å²) in [5.41, 5.74) is 6.11. The maximum atomic E-state index is 14.1. The number of rotatable bonds is 12. The van der Waals surface area contributed by atoms with Crippen molar-refractivity contribution in [3.63, 3.8) is 0 Å². The monoisotopic (exact) mass is 618 g/mol. The number of amides is 1. The number of ether oxygens (including phenoxy) is 2. The number of sulfone groups is 1. The zero-order chi connectivity index (χ0) is 30.4. The molecule has 3 aliphatic rings. The molecule has 1 amide bonds. The summed E-state index contributed by atoms with van der Waals surface area (Å²) in [7, 11) is -4.02. The Morgan fingerprint density at radius 1 is 0.909 bits per heavy atom. The first kappa shape index (κ1) is 30.8. The van der Waals surface area contributed by atoms with Crippen LogP contribution in [0.2, 0.25) is 0 Å². The number of nitrogens with one attached hydrogen (secondary N) is 1. The van der Waals surface area contributed by atoms with Crippen LogP contribution in [0.15, 0.2) is 83.8 Å². The molecule has 1 N–H and O–H groups in total. The highest BCUT2D eigenvalue weighted by molar-refractivity contribution is 7.93. The van der Waals surface area contributed by atoms with E-state index in [2.05, 4.69) is 46.8 Å². The summed E-state index contributed by atoms with van der Waals surface area (Å²) >= 11 is 0. The van der Waals surface area contributed by atoms with Crippen molar-refractivity contribution in [1.29, 1.82) is 0 Å². The van der Waals surface area contributed by atoms with Gasteiger partial charge >= 0.3 is 0 Å². The lowest BCUT2D eigenvalue weighted by Gasteiger charge is -2.40. The zero-order valence-corrected chi connectivity index (χ0v) is 26.0. The topological polar surface area (TPSA) is 94.2 Å². The summed E-state index contributed by atoms with van der Waals surface area (Å²) in [6.45, 7) is 2.20. The van der Waals surface area contributed by atoms with Gasteiger partial charge in [0.25, 0.3) is 5.91 Å². The molecule has 8 nitrogen and oxygen atoms in total. The van der Waals surface area contributed by atoms with Crippen molar-refractivity contribution < 1.29 is 27.5 Å². The Kier molecular flexibility index (Phi) is 9.66. The number of aryl methyl sites for hydroxylation is 1. The van der Waals surface area contributed by atoms with Crippen molar-refractivity contribution in [3.8, 4) is 16.9 Å². The molecule has 44 heavy (non-hydrogen) atoms. The molecule has 0 spiro atoms. The second kappa shape index (κ2) is 13.8. The molecule has 3 fully saturated rings. The first-order chi connectivity index (χ1) is 21.4. The molecule has 2 saturated heterocycles. The van der Waals surface area contributed by atoms with Crippen molar-refractivity contribution in [2.24, 2.45) is 0 Å². The van der Waals surface area contributed by atoms with Crippen LogP contribution in [0.4, 0.5) is 0 Å². The normalized spacial score (nSPS) is 20.6. The number of hydrogen-bond donors (Lipinski definition) is 1. The molecule has 1 saturated carbocycles. The number of carbonyl (C=O) groups is 1. The maximum Gasteiger partial charge on any atom is 0.265 e. The van der Waals surface area contributed by atoms with Gasteiger partial charge in [-0.05, 0) is 92.3 Å². The average Bonchev–Trinajstić information content (AvgIpc) is 3.93. The highest BCUT2D eigenvalue weighted by atomic mass is 32.2. The summed E-state index contributed by atoms with van der Waals surface area (Å²) in [5, 5.41) is 0. The lowest BCUT2D eigenvalue weighted by atomic mass is 9.94. The van der Waals surface area contributed by atoms with Gasteiger partial charge in [-0.25, -0.2) is 18.7 Å². The number of likely N-dealkylation sites (tertiary alicyclic amines) is 1. The van der Waals surface area contributed by atoms with Crippen LogP contribution in [0.3, 0.4) is 0 Å². The first-order valence-electron chi connectivity index (χ1n) is 15.9. The Hall–Kier alpha value is -3.24. The third kappa shape index (κ3) is 7.01. The van der Waals surface area contributed by atoms with Crippen molar-refractivity contribution in [1.82, 2.24) is 10.4 Å². The van der Waals surface area contributed by atoms with Gasteiger partial charge in [-0.15, -0.1) is 0 Å². The van der Waals surface area contributed by atoms with E-state index in [-0.39, 0.29) is 17.7 Å². The highest BCUT2D eigenvalue weighted by Gasteiger charge is 2.54. The first-order valence-corrected chi connectivity index (χ1v) is 17.4. The predicted octanol–water partition coefficient (Wildman–Crippen LogP) is 5.71. The standard InChI is InChI=1S/C35H42N2O6S/c38-34(36-43-33-13-4-5-24-42-33)35(20-22-37(23-21-35)30-14-15-30)44(39,40)32-18-16-31(17-19-32)41-25-7-9-27-8-6-12-29(26-27)28-10-2-1-3-11-28/h1-3,6,8,10-12,16-19,26,30,33H,4-5,7,9,13-15,20-25H2,(H,36,38). The van der Waals surface area contributed by atoms with Gasteiger partial charge < -0.3 is 14.4 Å². The Labute approximate surface area is 260 Å². The van der Waals surface area contributed by atoms with Crippen LogP contribution in [0.5, 0.6) is 5.75 Å². The zero-order valence-electron chi connectivity index (χ0n) is 25.2. The minimum atomic E-state index is -4.02. The predicted molar refractivity (Wildman–Crippen MR) is 169 cm³/mol. The Morgan fingerprint density at radius 3 is 2.36 bits per heavy atom. The van der Waals surface area contributed by atoms with Gasteiger partial charge in [-0.3, -0.25) is 4.79 Å². The summed E-state index contributed by atoms with van der Waals surface area (Å²) in [6.07, 6.45) is 6.40. The smallest absolute Gasteiger partial charge is 0.265 e. The molecular formula is C35H42N2O6S. The number of nitrogens with zero attached hydrogens (tertiary/aromatic N) is 1. The molecule has 3 aromatic rings. The van der Waals surface area contributed by atoms with Crippen LogP contribution in [0, 0.1) is 0 Å². The summed E-state index contributed by atoms with van der Waals surface area (Å²) in [4.78, 5) is 21.6. The second-order valence-corrected chi connectivity index (χ2v) is 14.4. The van der Waals surface area contributed by atoms with Crippen LogP contribution in [-0.4, -0.2) is 62.6 Å². The van der Waals surface area contributed by atoms with Crippen molar-refractivity contribution in [2.75, 3.05) is 26.3 Å². The Balaban J connectivity index is 1.08. The molecule has 0 radical (unpaired) electrons. The van der Waals surface area contributed by atoms with E-state index in [0.29, 0.717) is 44.5 Å². The molecule has 9 heteroatoms. The SMILES string of the molecule is O=C(NOC1CCCCO1)C1(S(=O)(=O)c2ccc(OCCCc3cccc(-c4ccccc4)c3)cc2)CCN(C2CC2)CC1. The van der Waals surface area contributed by atoms with E-state index in [1.807, 2.05) is 18.2 Å². The van der Waals surface area contributed by atoms with Crippen LogP contribution < -0.4 is 10.2 Å². The maximum absolute atomic E-state index is 14.1. The van der Waals surface area contributed by atoms with Crippen molar-refractivity contribution in [3.05, 3.63) is 84.4 Å². The molecule has 3 aromatic carbocycles. The van der Waals surface area contributed by atoms with E-state index in [4.69, 9.17) is 14.3 Å². The fourth-order valence-corrected chi connectivity index (χ4v) is 8.22. The van der Waals surface area contributed by atoms with Crippen LogP contribution in [0.25, 0.3) is 11.1 Å². The van der Waals surface area contributed by atoms with Gasteiger partial charge in [-0.1, -0.05) is 54.6 Å². The summed E-state index contributed by atoms with van der Waals surface area (Å²) < 4.78 is 38.2. The lowest BCUT2D eigenvalue weighted by Crippen LogP contribution is -2.58. The number of hydrogen-bond acceptors (Lipinski definition) is 7. The Morgan fingerprint density at radius 2 is 1.66 bits per heavy atom. The third-order valence-corrected chi connectivity index (χ3v) is 11.6. The molecule has 0 bridgehead atoms. The van der Waals surface area contributed by atoms with Gasteiger partial charge in [0.1, 0.15) is 5.75 Å². The van der Waals surface area contributed by atoms with Gasteiger partial charge in [0, 0.05) is 32.2 Å². The fourth-order valence-electron chi connectivity index (χ4n) is 6.27. The average molecular weight is 619 g/mol. The number of hydroxylamine groups is 1. The highest BCUT2D eigenvalue weighted by Crippen LogP contribution is 2.39. The summed E-state index contributed by atoms with van der Waals surface area (Å²) in [5.74, 6) is -0.0133. The van der Waals surface area contributed by atoms with E-state index in [0.717, 1.165) is 38.5 Å². The third-order valence-electron chi connectivity index (χ3n) is 9.06. The van der Waals surface area contributed by atoms with Gasteiger partial charge in [0.05, 0.1) is 11.5 Å². The largest absolute Gasteiger partial charge is 0.494 e. The van der Waals surface area contributed by atoms with E-state index in [9.17, 15) is 13.2 Å². The summed E-state index contributed by atoms with van der Waals surface area (Å²) in [6, 6.07) is 25.8. The van der Waals surface area contributed by atoms with Crippen molar-refractivity contribution in [2.45, 2.75) is 79.8 Å². The molecule has 1 aliphatic carbocycles. The van der Waals surface area contributed by atoms with Crippen LogP contribution in [-0.2, 0) is 30.6 Å². The fraction of sp³-hybridized carbons (Fsp3) is 0.457. The Bertz CT molecular complexity index is 1490. The minimum Gasteiger partial charge on any atom is -0.494 e. The van der Waals surface area contributed by atoms with E-state index < -0.39 is 26.8 Å².